The number of aromatic nitrogens is 8. The van der Waals surface area contributed by atoms with Crippen molar-refractivity contribution in [3.8, 4) is 35.6 Å². The fourth-order valence-electron chi connectivity index (χ4n) is 6.24. The summed E-state index contributed by atoms with van der Waals surface area (Å²) in [5.41, 5.74) is 0.147. The van der Waals surface area contributed by atoms with E-state index in [0.29, 0.717) is 52.8 Å². The van der Waals surface area contributed by atoms with Gasteiger partial charge >= 0.3 is 11.9 Å². The number of ether oxygens (including phenoxy) is 2. The van der Waals surface area contributed by atoms with E-state index in [0.717, 1.165) is 10.2 Å². The first kappa shape index (κ1) is 43.5. The molecule has 2 atom stereocenters. The molecule has 312 valence electrons. The number of esters is 2. The van der Waals surface area contributed by atoms with Crippen LogP contribution < -0.4 is 0 Å². The molecular formula is C42H39BrN10O8. The lowest BCUT2D eigenvalue weighted by molar-refractivity contribution is -0.138. The van der Waals surface area contributed by atoms with Crippen LogP contribution >= 0.6 is 15.9 Å². The minimum atomic E-state index is -1.67. The van der Waals surface area contributed by atoms with E-state index in [1.165, 1.54) is 33.3 Å². The van der Waals surface area contributed by atoms with Crippen LogP contribution in [-0.2, 0) is 19.1 Å². The fourth-order valence-corrected chi connectivity index (χ4v) is 6.62. The van der Waals surface area contributed by atoms with Gasteiger partial charge in [0.25, 0.3) is 11.8 Å². The number of halogens is 1. The number of hydrogen-bond donors (Lipinski definition) is 2. The van der Waals surface area contributed by atoms with Gasteiger partial charge in [0.15, 0.2) is 22.7 Å². The third-order valence-electron chi connectivity index (χ3n) is 9.45. The first-order chi connectivity index (χ1) is 29.2. The highest BCUT2D eigenvalue weighted by Gasteiger charge is 2.43. The standard InChI is InChI=1S/C21H19N5O4.C14H11BrN4O2.C7H9NO2/c1-3-30-19(27)17-16-12-22-13-23-18(16)26(24-17)15-6-4-5-14(11-15)7-8-21(29)9-10-25(2)20(21)28;1-2-21-14(20)12-11-7-16-8-17-13(11)19(18-12)10-5-3-4-9(15)6-10;1-3-7(10)4-5-8(2)6(7)9/h4-6,11-13,29H,3,9-10H2,1-2H3;3-8H,2H2,1H3;1,10H,4-5H2,2H3/t21-;;7-/m0.0/s1. The minimum absolute atomic E-state index is 0.123. The van der Waals surface area contributed by atoms with Gasteiger partial charge in [-0.3, -0.25) is 9.59 Å². The molecule has 0 radical (unpaired) electrons. The second-order valence-electron chi connectivity index (χ2n) is 13.6. The average Bonchev–Trinajstić information content (AvgIpc) is 4.00. The van der Waals surface area contributed by atoms with Crippen molar-refractivity contribution in [1.82, 2.24) is 49.3 Å². The molecule has 61 heavy (non-hydrogen) atoms. The maximum Gasteiger partial charge on any atom is 0.359 e. The summed E-state index contributed by atoms with van der Waals surface area (Å²) in [6, 6.07) is 14.6. The predicted molar refractivity (Wildman–Crippen MR) is 223 cm³/mol. The van der Waals surface area contributed by atoms with Crippen LogP contribution in [0.4, 0.5) is 0 Å². The molecule has 2 N–H and O–H groups in total. The highest BCUT2D eigenvalue weighted by Crippen LogP contribution is 2.25. The zero-order valence-corrected chi connectivity index (χ0v) is 35.0. The van der Waals surface area contributed by atoms with Gasteiger partial charge in [-0.1, -0.05) is 45.8 Å². The van der Waals surface area contributed by atoms with Crippen molar-refractivity contribution >= 4 is 61.7 Å². The topological polar surface area (TPSA) is 221 Å². The Morgan fingerprint density at radius 2 is 1.28 bits per heavy atom. The number of rotatable bonds is 6. The van der Waals surface area contributed by atoms with E-state index >= 15 is 0 Å². The van der Waals surface area contributed by atoms with Gasteiger partial charge in [0.05, 0.1) is 35.4 Å². The summed E-state index contributed by atoms with van der Waals surface area (Å²) in [5, 5.41) is 29.5. The smallest absolute Gasteiger partial charge is 0.359 e. The highest BCUT2D eigenvalue weighted by atomic mass is 79.9. The van der Waals surface area contributed by atoms with Crippen molar-refractivity contribution in [2.45, 2.75) is 37.9 Å². The third-order valence-corrected chi connectivity index (χ3v) is 9.94. The molecule has 6 aromatic rings. The van der Waals surface area contributed by atoms with E-state index in [9.17, 15) is 29.4 Å². The number of hydrogen-bond acceptors (Lipinski definition) is 14. The fraction of sp³-hybridized carbons (Fsp3) is 0.286. The van der Waals surface area contributed by atoms with Gasteiger partial charge < -0.3 is 29.5 Å². The molecule has 4 aromatic heterocycles. The Morgan fingerprint density at radius 3 is 1.72 bits per heavy atom. The molecular weight excluding hydrogens is 852 g/mol. The summed E-state index contributed by atoms with van der Waals surface area (Å²) in [4.78, 5) is 66.7. The Labute approximate surface area is 357 Å². The Kier molecular flexibility index (Phi) is 13.2. The third kappa shape index (κ3) is 9.24. The molecule has 0 unspecified atom stereocenters. The molecule has 18 nitrogen and oxygen atoms in total. The van der Waals surface area contributed by atoms with Crippen LogP contribution in [0.1, 0.15) is 53.2 Å². The van der Waals surface area contributed by atoms with Crippen molar-refractivity contribution < 1.29 is 38.9 Å². The highest BCUT2D eigenvalue weighted by molar-refractivity contribution is 9.10. The molecule has 0 aliphatic carbocycles. The Morgan fingerprint density at radius 1 is 0.787 bits per heavy atom. The summed E-state index contributed by atoms with van der Waals surface area (Å²) >= 11 is 3.42. The number of carbonyl (C=O) groups excluding carboxylic acids is 4. The maximum absolute atomic E-state index is 12.3. The number of carbonyl (C=O) groups is 4. The Balaban J connectivity index is 0.000000173. The quantitative estimate of drug-likeness (QED) is 0.182. The van der Waals surface area contributed by atoms with Crippen LogP contribution in [-0.4, -0.2) is 135 Å². The number of likely N-dealkylation sites (N-methyl/N-ethyl adjacent to an activating group) is 2. The summed E-state index contributed by atoms with van der Waals surface area (Å²) in [6.07, 6.45) is 11.5. The molecule has 6 heterocycles. The van der Waals surface area contributed by atoms with Crippen LogP contribution in [0.3, 0.4) is 0 Å². The van der Waals surface area contributed by atoms with Crippen LogP contribution in [0.5, 0.6) is 0 Å². The number of fused-ring (bicyclic) bond motifs is 2. The Hall–Kier alpha value is -7.06. The van der Waals surface area contributed by atoms with Crippen LogP contribution in [0.2, 0.25) is 0 Å². The second-order valence-corrected chi connectivity index (χ2v) is 14.5. The van der Waals surface area contributed by atoms with Crippen molar-refractivity contribution in [3.63, 3.8) is 0 Å². The SMILES string of the molecule is C#C[C@]1(O)CCN(C)C1=O.CCOC(=O)c1nn(-c2cccc(Br)c2)c2ncncc12.CCOC(=O)c1nn(-c2cccc(C#C[C@]3(O)CCN(C)C3=O)c2)c2ncncc12. The van der Waals surface area contributed by atoms with Crippen LogP contribution in [0, 0.1) is 24.2 Å². The zero-order valence-electron chi connectivity index (χ0n) is 33.4. The van der Waals surface area contributed by atoms with Crippen LogP contribution in [0.15, 0.2) is 78.1 Å². The second kappa shape index (κ2) is 18.5. The van der Waals surface area contributed by atoms with E-state index in [2.05, 4.69) is 63.8 Å². The summed E-state index contributed by atoms with van der Waals surface area (Å²) in [6.45, 7) is 4.98. The van der Waals surface area contributed by atoms with Gasteiger partial charge in [-0.05, 0) is 50.2 Å². The molecule has 8 rings (SSSR count). The maximum atomic E-state index is 12.3. The molecule has 2 amide bonds. The van der Waals surface area contributed by atoms with Gasteiger partial charge in [0, 0.05) is 62.5 Å². The first-order valence-corrected chi connectivity index (χ1v) is 19.6. The number of benzene rings is 2. The van der Waals surface area contributed by atoms with E-state index < -0.39 is 29.0 Å². The normalized spacial score (nSPS) is 18.1. The lowest BCUT2D eigenvalue weighted by Crippen LogP contribution is -2.37. The van der Waals surface area contributed by atoms with Gasteiger partial charge in [-0.2, -0.15) is 10.2 Å². The molecule has 2 fully saturated rings. The zero-order chi connectivity index (χ0) is 43.9. The lowest BCUT2D eigenvalue weighted by atomic mass is 10.0. The summed E-state index contributed by atoms with van der Waals surface area (Å²) < 4.78 is 14.1. The molecule has 2 aliphatic rings. The summed E-state index contributed by atoms with van der Waals surface area (Å²) in [7, 11) is 3.26. The van der Waals surface area contributed by atoms with E-state index in [1.54, 1.807) is 63.1 Å². The van der Waals surface area contributed by atoms with Gasteiger partial charge in [-0.15, -0.1) is 6.42 Å². The molecule has 2 aliphatic heterocycles. The number of likely N-dealkylation sites (tertiary alicyclic amines) is 2. The van der Waals surface area contributed by atoms with Crippen molar-refractivity contribution in [2.24, 2.45) is 0 Å². The van der Waals surface area contributed by atoms with Crippen molar-refractivity contribution in [3.05, 3.63) is 95.0 Å². The largest absolute Gasteiger partial charge is 0.461 e. The van der Waals surface area contributed by atoms with Crippen LogP contribution in [0.25, 0.3) is 33.4 Å². The van der Waals surface area contributed by atoms with Gasteiger partial charge in [-0.25, -0.2) is 38.9 Å². The predicted octanol–water partition coefficient (Wildman–Crippen LogP) is 2.90. The van der Waals surface area contributed by atoms with Gasteiger partial charge in [0.1, 0.15) is 12.7 Å². The van der Waals surface area contributed by atoms with Crippen molar-refractivity contribution in [1.29, 1.82) is 0 Å². The Bertz CT molecular complexity index is 2750. The van der Waals surface area contributed by atoms with Crippen molar-refractivity contribution in [2.75, 3.05) is 40.4 Å². The molecule has 0 spiro atoms. The van der Waals surface area contributed by atoms with E-state index in [4.69, 9.17) is 15.9 Å². The first-order valence-electron chi connectivity index (χ1n) is 18.8. The number of aliphatic hydroxyl groups is 2. The summed E-state index contributed by atoms with van der Waals surface area (Å²) in [5.74, 6) is 5.85. The van der Waals surface area contributed by atoms with E-state index in [-0.39, 0.29) is 36.9 Å². The van der Waals surface area contributed by atoms with Gasteiger partial charge in [0.2, 0.25) is 11.2 Å². The minimum Gasteiger partial charge on any atom is -0.461 e. The monoisotopic (exact) mass is 890 g/mol. The number of terminal acetylenes is 1. The average molecular weight is 892 g/mol. The van der Waals surface area contributed by atoms with E-state index in [1.807, 2.05) is 24.3 Å². The molecule has 19 heteroatoms. The molecule has 2 aromatic carbocycles. The lowest BCUT2D eigenvalue weighted by Gasteiger charge is -2.13. The molecule has 0 bridgehead atoms. The number of amides is 2. The molecule has 0 saturated carbocycles. The number of nitrogens with zero attached hydrogens (tertiary/aromatic N) is 10. The molecule has 2 saturated heterocycles.